The van der Waals surface area contributed by atoms with Gasteiger partial charge in [-0.3, -0.25) is 4.79 Å². The van der Waals surface area contributed by atoms with Gasteiger partial charge in [-0.25, -0.2) is 9.78 Å². The number of ether oxygens (including phenoxy) is 1. The largest absolute Gasteiger partial charge is 0.452 e. The first-order valence-electron chi connectivity index (χ1n) is 8.33. The maximum Gasteiger partial charge on any atom is 0.341 e. The standard InChI is InChI=1S/C21H18N2O3S/c1-15-7-5-8-16(13-15)23-19(24)14-26-21(25)18-11-6-12-22-20(18)27-17-9-3-2-4-10-17/h2-13H,14H2,1H3,(H,23,24). The highest BCUT2D eigenvalue weighted by molar-refractivity contribution is 7.99. The Hall–Kier alpha value is -3.12. The number of nitrogens with one attached hydrogen (secondary N) is 1. The zero-order valence-electron chi connectivity index (χ0n) is 14.7. The molecule has 0 aliphatic carbocycles. The minimum absolute atomic E-state index is 0.328. The molecule has 0 aliphatic rings. The molecule has 3 rings (SSSR count). The Labute approximate surface area is 161 Å². The Bertz CT molecular complexity index is 945. The van der Waals surface area contributed by atoms with E-state index in [4.69, 9.17) is 4.74 Å². The minimum atomic E-state index is -0.582. The van der Waals surface area contributed by atoms with E-state index in [1.54, 1.807) is 24.4 Å². The number of hydrogen-bond donors (Lipinski definition) is 1. The highest BCUT2D eigenvalue weighted by Gasteiger charge is 2.16. The smallest absolute Gasteiger partial charge is 0.341 e. The number of amides is 1. The third-order valence-corrected chi connectivity index (χ3v) is 4.61. The Kier molecular flexibility index (Phi) is 6.22. The van der Waals surface area contributed by atoms with Crippen molar-refractivity contribution in [3.63, 3.8) is 0 Å². The van der Waals surface area contributed by atoms with Crippen molar-refractivity contribution in [2.24, 2.45) is 0 Å². The van der Waals surface area contributed by atoms with Crippen molar-refractivity contribution in [3.05, 3.63) is 84.1 Å². The van der Waals surface area contributed by atoms with E-state index < -0.39 is 11.9 Å². The zero-order chi connectivity index (χ0) is 19.1. The summed E-state index contributed by atoms with van der Waals surface area (Å²) in [6.45, 7) is 1.57. The summed E-state index contributed by atoms with van der Waals surface area (Å²) in [6.07, 6.45) is 1.62. The predicted molar refractivity (Wildman–Crippen MR) is 105 cm³/mol. The van der Waals surface area contributed by atoms with E-state index in [1.807, 2.05) is 55.5 Å². The van der Waals surface area contributed by atoms with Gasteiger partial charge < -0.3 is 10.1 Å². The van der Waals surface area contributed by atoms with Crippen LogP contribution in [0.2, 0.25) is 0 Å². The summed E-state index contributed by atoms with van der Waals surface area (Å²) in [7, 11) is 0. The molecule has 0 bridgehead atoms. The van der Waals surface area contributed by atoms with Crippen molar-refractivity contribution >= 4 is 29.3 Å². The molecule has 0 saturated heterocycles. The van der Waals surface area contributed by atoms with Gasteiger partial charge in [-0.2, -0.15) is 0 Å². The summed E-state index contributed by atoms with van der Waals surface area (Å²) in [5, 5.41) is 3.24. The van der Waals surface area contributed by atoms with Crippen molar-refractivity contribution in [2.45, 2.75) is 16.8 Å². The molecule has 6 heteroatoms. The molecule has 0 saturated carbocycles. The van der Waals surface area contributed by atoms with Gasteiger partial charge in [0, 0.05) is 16.8 Å². The fourth-order valence-electron chi connectivity index (χ4n) is 2.36. The molecule has 0 radical (unpaired) electrons. The lowest BCUT2D eigenvalue weighted by molar-refractivity contribution is -0.119. The Morgan fingerprint density at radius 3 is 2.63 bits per heavy atom. The third kappa shape index (κ3) is 5.43. The van der Waals surface area contributed by atoms with Gasteiger partial charge in [-0.1, -0.05) is 42.1 Å². The van der Waals surface area contributed by atoms with Crippen molar-refractivity contribution in [1.29, 1.82) is 0 Å². The molecule has 0 spiro atoms. The molecule has 27 heavy (non-hydrogen) atoms. The first kappa shape index (κ1) is 18.7. The van der Waals surface area contributed by atoms with Gasteiger partial charge in [0.1, 0.15) is 5.03 Å². The van der Waals surface area contributed by atoms with Crippen LogP contribution in [0.25, 0.3) is 0 Å². The maximum absolute atomic E-state index is 12.4. The summed E-state index contributed by atoms with van der Waals surface area (Å²) in [5.74, 6) is -0.976. The first-order valence-corrected chi connectivity index (χ1v) is 9.15. The fraction of sp³-hybridized carbons (Fsp3) is 0.0952. The highest BCUT2D eigenvalue weighted by Crippen LogP contribution is 2.28. The average Bonchev–Trinajstić information content (AvgIpc) is 2.67. The molecule has 0 fully saturated rings. The second-order valence-electron chi connectivity index (χ2n) is 5.77. The van der Waals surface area contributed by atoms with Crippen LogP contribution in [0.3, 0.4) is 0 Å². The van der Waals surface area contributed by atoms with Crippen LogP contribution in [-0.2, 0) is 9.53 Å². The third-order valence-electron chi connectivity index (χ3n) is 3.58. The zero-order valence-corrected chi connectivity index (χ0v) is 15.5. The van der Waals surface area contributed by atoms with Gasteiger partial charge in [0.25, 0.3) is 5.91 Å². The highest BCUT2D eigenvalue weighted by atomic mass is 32.2. The molecule has 0 unspecified atom stereocenters. The Balaban J connectivity index is 1.62. The first-order chi connectivity index (χ1) is 13.1. The molecule has 1 heterocycles. The van der Waals surface area contributed by atoms with Crippen LogP contribution in [-0.4, -0.2) is 23.5 Å². The quantitative estimate of drug-likeness (QED) is 0.647. The number of hydrogen-bond acceptors (Lipinski definition) is 5. The second-order valence-corrected chi connectivity index (χ2v) is 6.83. The molecular formula is C21H18N2O3S. The van der Waals surface area contributed by atoms with Crippen LogP contribution in [0.1, 0.15) is 15.9 Å². The van der Waals surface area contributed by atoms with E-state index in [-0.39, 0.29) is 6.61 Å². The minimum Gasteiger partial charge on any atom is -0.452 e. The van der Waals surface area contributed by atoms with Gasteiger partial charge in [-0.15, -0.1) is 0 Å². The lowest BCUT2D eigenvalue weighted by atomic mass is 10.2. The summed E-state index contributed by atoms with van der Waals surface area (Å²) < 4.78 is 5.17. The fourth-order valence-corrected chi connectivity index (χ4v) is 3.25. The molecular weight excluding hydrogens is 360 g/mol. The van der Waals surface area contributed by atoms with Crippen LogP contribution in [0.4, 0.5) is 5.69 Å². The normalized spacial score (nSPS) is 10.3. The summed E-state index contributed by atoms with van der Waals surface area (Å²) in [5.41, 5.74) is 2.02. The van der Waals surface area contributed by atoms with E-state index in [9.17, 15) is 9.59 Å². The Morgan fingerprint density at radius 2 is 1.85 bits per heavy atom. The van der Waals surface area contributed by atoms with E-state index in [1.165, 1.54) is 11.8 Å². The summed E-state index contributed by atoms with van der Waals surface area (Å²) >= 11 is 1.37. The number of nitrogens with zero attached hydrogens (tertiary/aromatic N) is 1. The van der Waals surface area contributed by atoms with Gasteiger partial charge in [0.15, 0.2) is 6.61 Å². The Morgan fingerprint density at radius 1 is 1.04 bits per heavy atom. The number of rotatable bonds is 6. The van der Waals surface area contributed by atoms with Crippen molar-refractivity contribution in [1.82, 2.24) is 4.98 Å². The van der Waals surface area contributed by atoms with E-state index >= 15 is 0 Å². The number of carbonyl (C=O) groups is 2. The van der Waals surface area contributed by atoms with Crippen molar-refractivity contribution in [2.75, 3.05) is 11.9 Å². The van der Waals surface area contributed by atoms with Crippen LogP contribution in [0, 0.1) is 6.92 Å². The molecule has 0 aliphatic heterocycles. The monoisotopic (exact) mass is 378 g/mol. The molecule has 0 atom stereocenters. The van der Waals surface area contributed by atoms with Crippen LogP contribution in [0.5, 0.6) is 0 Å². The number of aromatic nitrogens is 1. The lowest BCUT2D eigenvalue weighted by Crippen LogP contribution is -2.21. The van der Waals surface area contributed by atoms with E-state index in [0.717, 1.165) is 10.5 Å². The summed E-state index contributed by atoms with van der Waals surface area (Å²) in [4.78, 5) is 29.7. The van der Waals surface area contributed by atoms with Gasteiger partial charge in [-0.05, 0) is 48.9 Å². The lowest BCUT2D eigenvalue weighted by Gasteiger charge is -2.09. The molecule has 1 amide bonds. The van der Waals surface area contributed by atoms with Crippen LogP contribution >= 0.6 is 11.8 Å². The van der Waals surface area contributed by atoms with E-state index in [2.05, 4.69) is 10.3 Å². The number of esters is 1. The molecule has 1 aromatic heterocycles. The number of benzene rings is 2. The molecule has 136 valence electrons. The molecule has 1 N–H and O–H groups in total. The number of pyridine rings is 1. The number of aryl methyl sites for hydroxylation is 1. The van der Waals surface area contributed by atoms with Crippen LogP contribution in [0.15, 0.2) is 82.8 Å². The van der Waals surface area contributed by atoms with Gasteiger partial charge >= 0.3 is 5.97 Å². The number of anilines is 1. The summed E-state index contributed by atoms with van der Waals surface area (Å²) in [6, 6.07) is 20.3. The van der Waals surface area contributed by atoms with Crippen molar-refractivity contribution < 1.29 is 14.3 Å². The maximum atomic E-state index is 12.4. The van der Waals surface area contributed by atoms with E-state index in [0.29, 0.717) is 16.3 Å². The SMILES string of the molecule is Cc1cccc(NC(=O)COC(=O)c2cccnc2Sc2ccccc2)c1. The van der Waals surface area contributed by atoms with Crippen LogP contribution < -0.4 is 5.32 Å². The van der Waals surface area contributed by atoms with Crippen molar-refractivity contribution in [3.8, 4) is 0 Å². The topological polar surface area (TPSA) is 68.3 Å². The average molecular weight is 378 g/mol. The second kappa shape index (κ2) is 9.00. The molecule has 5 nitrogen and oxygen atoms in total. The van der Waals surface area contributed by atoms with Gasteiger partial charge in [0.05, 0.1) is 5.56 Å². The van der Waals surface area contributed by atoms with Gasteiger partial charge in [0.2, 0.25) is 0 Å². The number of carbonyl (C=O) groups excluding carboxylic acids is 2. The molecule has 2 aromatic carbocycles. The molecule has 3 aromatic rings. The predicted octanol–water partition coefficient (Wildman–Crippen LogP) is 4.34.